The summed E-state index contributed by atoms with van der Waals surface area (Å²) in [5, 5.41) is 0. The van der Waals surface area contributed by atoms with E-state index in [4.69, 9.17) is 9.47 Å². The van der Waals surface area contributed by atoms with Crippen LogP contribution in [0.3, 0.4) is 0 Å². The van der Waals surface area contributed by atoms with E-state index in [1.807, 2.05) is 0 Å². The van der Waals surface area contributed by atoms with Crippen molar-refractivity contribution in [3.8, 4) is 0 Å². The van der Waals surface area contributed by atoms with Crippen LogP contribution in [0.15, 0.2) is 12.2 Å². The average Bonchev–Trinajstić information content (AvgIpc) is 2.33. The Balaban J connectivity index is 2.19. The molecule has 2 heteroatoms. The third-order valence-corrected chi connectivity index (χ3v) is 4.09. The van der Waals surface area contributed by atoms with Gasteiger partial charge in [-0.15, -0.1) is 0 Å². The summed E-state index contributed by atoms with van der Waals surface area (Å²) in [5.41, 5.74) is 1.28. The Bertz CT molecular complexity index is 260. The molecule has 2 nitrogen and oxygen atoms in total. The summed E-state index contributed by atoms with van der Waals surface area (Å²) in [4.78, 5) is 0. The molecule has 0 aromatic heterocycles. The van der Waals surface area contributed by atoms with Gasteiger partial charge in [0.1, 0.15) is 0 Å². The van der Waals surface area contributed by atoms with Gasteiger partial charge in [-0.3, -0.25) is 0 Å². The van der Waals surface area contributed by atoms with Crippen molar-refractivity contribution in [2.75, 3.05) is 19.8 Å². The summed E-state index contributed by atoms with van der Waals surface area (Å²) < 4.78 is 11.7. The van der Waals surface area contributed by atoms with E-state index in [9.17, 15) is 0 Å². The molecule has 19 heavy (non-hydrogen) atoms. The molecule has 0 aromatic rings. The number of rotatable bonds is 8. The van der Waals surface area contributed by atoms with Crippen LogP contribution >= 0.6 is 0 Å². The minimum absolute atomic E-state index is 0.356. The normalized spacial score (nSPS) is 27.7. The van der Waals surface area contributed by atoms with Gasteiger partial charge in [0.05, 0.1) is 19.3 Å². The number of hydrogen-bond donors (Lipinski definition) is 0. The van der Waals surface area contributed by atoms with Crippen LogP contribution in [-0.2, 0) is 9.47 Å². The molecule has 0 aliphatic heterocycles. The van der Waals surface area contributed by atoms with Crippen molar-refractivity contribution < 1.29 is 9.47 Å². The van der Waals surface area contributed by atoms with E-state index in [1.54, 1.807) is 0 Å². The van der Waals surface area contributed by atoms with Crippen LogP contribution in [0.2, 0.25) is 0 Å². The van der Waals surface area contributed by atoms with Gasteiger partial charge in [-0.2, -0.15) is 0 Å². The van der Waals surface area contributed by atoms with Crippen molar-refractivity contribution in [3.05, 3.63) is 12.2 Å². The summed E-state index contributed by atoms with van der Waals surface area (Å²) in [6.07, 6.45) is 5.20. The summed E-state index contributed by atoms with van der Waals surface area (Å²) in [6.45, 7) is 15.3. The molecular weight excluding hydrogens is 236 g/mol. The first kappa shape index (κ1) is 16.7. The molecule has 0 bridgehead atoms. The zero-order chi connectivity index (χ0) is 14.3. The first-order valence-electron chi connectivity index (χ1n) is 7.85. The fourth-order valence-corrected chi connectivity index (χ4v) is 2.76. The predicted molar refractivity (Wildman–Crippen MR) is 81.3 cm³/mol. The molecule has 0 spiro atoms. The molecule has 0 amide bonds. The zero-order valence-electron chi connectivity index (χ0n) is 13.3. The fraction of sp³-hybridized carbons (Fsp3) is 0.882. The Labute approximate surface area is 119 Å². The van der Waals surface area contributed by atoms with Crippen molar-refractivity contribution in [1.82, 2.24) is 0 Å². The standard InChI is InChI=1S/C17H32O2/c1-13(2)8-9-18-10-11-19-17-12-15(5)6-7-16(17)14(3)4/h13,15-17H,3,6-12H2,1-2,4-5H3. The molecular formula is C17H32O2. The second-order valence-electron chi connectivity index (χ2n) is 6.58. The molecule has 1 aliphatic carbocycles. The van der Waals surface area contributed by atoms with Gasteiger partial charge < -0.3 is 9.47 Å². The van der Waals surface area contributed by atoms with Crippen molar-refractivity contribution in [1.29, 1.82) is 0 Å². The molecule has 3 unspecified atom stereocenters. The molecule has 112 valence electrons. The Morgan fingerprint density at radius 3 is 2.58 bits per heavy atom. The maximum Gasteiger partial charge on any atom is 0.0704 e. The SMILES string of the molecule is C=C(C)C1CCC(C)CC1OCCOCCC(C)C. The van der Waals surface area contributed by atoms with Crippen molar-refractivity contribution in [2.45, 2.75) is 59.5 Å². The first-order valence-corrected chi connectivity index (χ1v) is 7.85. The molecule has 0 N–H and O–H groups in total. The molecule has 0 saturated heterocycles. The Morgan fingerprint density at radius 1 is 1.21 bits per heavy atom. The highest BCUT2D eigenvalue weighted by atomic mass is 16.5. The molecule has 1 fully saturated rings. The van der Waals surface area contributed by atoms with Gasteiger partial charge in [0.25, 0.3) is 0 Å². The Kier molecular flexibility index (Phi) is 7.70. The predicted octanol–water partition coefficient (Wildman–Crippen LogP) is 4.45. The third-order valence-electron chi connectivity index (χ3n) is 4.09. The van der Waals surface area contributed by atoms with Gasteiger partial charge in [0, 0.05) is 12.5 Å². The van der Waals surface area contributed by atoms with Crippen LogP contribution in [0.25, 0.3) is 0 Å². The molecule has 0 aromatic carbocycles. The minimum atomic E-state index is 0.356. The van der Waals surface area contributed by atoms with Gasteiger partial charge in [-0.1, -0.05) is 32.9 Å². The first-order chi connectivity index (χ1) is 9.00. The second kappa shape index (κ2) is 8.76. The van der Waals surface area contributed by atoms with Crippen LogP contribution < -0.4 is 0 Å². The van der Waals surface area contributed by atoms with Gasteiger partial charge in [0.2, 0.25) is 0 Å². The van der Waals surface area contributed by atoms with Crippen molar-refractivity contribution in [2.24, 2.45) is 17.8 Å². The number of ether oxygens (including phenoxy) is 2. The highest BCUT2D eigenvalue weighted by Gasteiger charge is 2.29. The van der Waals surface area contributed by atoms with E-state index in [0.29, 0.717) is 17.9 Å². The van der Waals surface area contributed by atoms with E-state index in [-0.39, 0.29) is 0 Å². The lowest BCUT2D eigenvalue weighted by Crippen LogP contribution is -2.32. The maximum atomic E-state index is 6.05. The van der Waals surface area contributed by atoms with Gasteiger partial charge >= 0.3 is 0 Å². The monoisotopic (exact) mass is 268 g/mol. The van der Waals surface area contributed by atoms with Gasteiger partial charge in [-0.25, -0.2) is 0 Å². The topological polar surface area (TPSA) is 18.5 Å². The van der Waals surface area contributed by atoms with E-state index < -0.39 is 0 Å². The summed E-state index contributed by atoms with van der Waals surface area (Å²) in [7, 11) is 0. The summed E-state index contributed by atoms with van der Waals surface area (Å²) in [6, 6.07) is 0. The maximum absolute atomic E-state index is 6.05. The van der Waals surface area contributed by atoms with E-state index in [2.05, 4.69) is 34.3 Å². The van der Waals surface area contributed by atoms with Crippen molar-refractivity contribution >= 4 is 0 Å². The quantitative estimate of drug-likeness (QED) is 0.478. The highest BCUT2D eigenvalue weighted by molar-refractivity contribution is 5.02. The fourth-order valence-electron chi connectivity index (χ4n) is 2.76. The number of hydrogen-bond acceptors (Lipinski definition) is 2. The van der Waals surface area contributed by atoms with Gasteiger partial charge in [0.15, 0.2) is 0 Å². The van der Waals surface area contributed by atoms with Crippen molar-refractivity contribution in [3.63, 3.8) is 0 Å². The lowest BCUT2D eigenvalue weighted by Gasteiger charge is -2.35. The smallest absolute Gasteiger partial charge is 0.0704 e. The molecule has 1 aliphatic rings. The average molecular weight is 268 g/mol. The van der Waals surface area contributed by atoms with E-state index in [1.165, 1.54) is 24.8 Å². The summed E-state index contributed by atoms with van der Waals surface area (Å²) >= 11 is 0. The zero-order valence-corrected chi connectivity index (χ0v) is 13.3. The third kappa shape index (κ3) is 6.58. The van der Waals surface area contributed by atoms with Crippen LogP contribution in [0.1, 0.15) is 53.4 Å². The molecule has 0 heterocycles. The Hall–Kier alpha value is -0.340. The lowest BCUT2D eigenvalue weighted by molar-refractivity contribution is -0.0392. The Morgan fingerprint density at radius 2 is 1.95 bits per heavy atom. The molecule has 0 radical (unpaired) electrons. The largest absolute Gasteiger partial charge is 0.379 e. The van der Waals surface area contributed by atoms with E-state index in [0.717, 1.165) is 32.2 Å². The minimum Gasteiger partial charge on any atom is -0.379 e. The van der Waals surface area contributed by atoms with E-state index >= 15 is 0 Å². The summed E-state index contributed by atoms with van der Waals surface area (Å²) in [5.74, 6) is 2.04. The molecule has 1 saturated carbocycles. The molecule has 1 rings (SSSR count). The highest BCUT2D eigenvalue weighted by Crippen LogP contribution is 2.34. The second-order valence-corrected chi connectivity index (χ2v) is 6.58. The van der Waals surface area contributed by atoms with Crippen LogP contribution in [-0.4, -0.2) is 25.9 Å². The van der Waals surface area contributed by atoms with Crippen LogP contribution in [0.5, 0.6) is 0 Å². The van der Waals surface area contributed by atoms with Crippen LogP contribution in [0, 0.1) is 17.8 Å². The van der Waals surface area contributed by atoms with Gasteiger partial charge in [-0.05, 0) is 44.4 Å². The van der Waals surface area contributed by atoms with Crippen LogP contribution in [0.4, 0.5) is 0 Å². The molecule has 3 atom stereocenters. The lowest BCUT2D eigenvalue weighted by atomic mass is 9.78.